The van der Waals surface area contributed by atoms with Crippen LogP contribution < -0.4 is 16.8 Å². The van der Waals surface area contributed by atoms with E-state index in [9.17, 15) is 4.79 Å². The second-order valence-electron chi connectivity index (χ2n) is 6.71. The molecule has 0 spiro atoms. The van der Waals surface area contributed by atoms with E-state index in [1.807, 2.05) is 0 Å². The molecule has 1 fully saturated rings. The first kappa shape index (κ1) is 17.0. The Hall–Kier alpha value is -1.39. The van der Waals surface area contributed by atoms with E-state index in [0.29, 0.717) is 24.9 Å². The van der Waals surface area contributed by atoms with Crippen LogP contribution in [-0.2, 0) is 4.79 Å². The molecule has 4 nitrogen and oxygen atoms in total. The molecule has 122 valence electrons. The summed E-state index contributed by atoms with van der Waals surface area (Å²) in [4.78, 5) is 12.3. The second-order valence-corrected chi connectivity index (χ2v) is 6.71. The van der Waals surface area contributed by atoms with Crippen LogP contribution in [0.15, 0.2) is 24.3 Å². The van der Waals surface area contributed by atoms with Crippen LogP contribution in [0.4, 0.5) is 0 Å². The van der Waals surface area contributed by atoms with Crippen molar-refractivity contribution in [3.05, 3.63) is 35.4 Å². The summed E-state index contributed by atoms with van der Waals surface area (Å²) in [5.74, 6) is 1.03. The Balaban J connectivity index is 1.86. The molecule has 0 aromatic heterocycles. The Morgan fingerprint density at radius 2 is 1.86 bits per heavy atom. The second kappa shape index (κ2) is 7.75. The molecule has 1 amide bonds. The highest BCUT2D eigenvalue weighted by Crippen LogP contribution is 2.31. The Morgan fingerprint density at radius 1 is 1.23 bits per heavy atom. The first-order chi connectivity index (χ1) is 10.5. The van der Waals surface area contributed by atoms with Gasteiger partial charge in [-0.05, 0) is 42.3 Å². The molecule has 4 heteroatoms. The molecule has 1 aromatic rings. The number of hydrogen-bond acceptors (Lipinski definition) is 3. The third kappa shape index (κ3) is 4.08. The van der Waals surface area contributed by atoms with Crippen molar-refractivity contribution >= 4 is 5.91 Å². The third-order valence-electron chi connectivity index (χ3n) is 4.83. The highest BCUT2D eigenvalue weighted by molar-refractivity contribution is 5.79. The van der Waals surface area contributed by atoms with E-state index in [-0.39, 0.29) is 17.9 Å². The minimum absolute atomic E-state index is 0.0699. The lowest BCUT2D eigenvalue weighted by molar-refractivity contribution is -0.126. The summed E-state index contributed by atoms with van der Waals surface area (Å²) in [6, 6.07) is 8.18. The average molecular weight is 303 g/mol. The molecular formula is C18H29N3O. The maximum atomic E-state index is 12.3. The van der Waals surface area contributed by atoms with Gasteiger partial charge in [-0.25, -0.2) is 0 Å². The molecule has 0 heterocycles. The van der Waals surface area contributed by atoms with Crippen LogP contribution in [0, 0.1) is 11.8 Å². The van der Waals surface area contributed by atoms with E-state index in [4.69, 9.17) is 11.5 Å². The van der Waals surface area contributed by atoms with E-state index in [1.165, 1.54) is 5.56 Å². The molecule has 1 aliphatic carbocycles. The van der Waals surface area contributed by atoms with Gasteiger partial charge in [-0.15, -0.1) is 0 Å². The van der Waals surface area contributed by atoms with Crippen LogP contribution in [0.3, 0.4) is 0 Å². The summed E-state index contributed by atoms with van der Waals surface area (Å²) < 4.78 is 0. The summed E-state index contributed by atoms with van der Waals surface area (Å²) in [5, 5.41) is 3.01. The Labute approximate surface area is 133 Å². The molecule has 1 aromatic carbocycles. The summed E-state index contributed by atoms with van der Waals surface area (Å²) in [5.41, 5.74) is 14.3. The normalized spacial score (nSPS) is 22.8. The number of carbonyl (C=O) groups is 1. The van der Waals surface area contributed by atoms with E-state index in [1.54, 1.807) is 0 Å². The number of hydrogen-bond donors (Lipinski definition) is 3. The van der Waals surface area contributed by atoms with Gasteiger partial charge in [-0.2, -0.15) is 0 Å². The number of carbonyl (C=O) groups excluding carboxylic acids is 1. The molecule has 1 unspecified atom stereocenters. The van der Waals surface area contributed by atoms with Gasteiger partial charge in [0.15, 0.2) is 0 Å². The fourth-order valence-corrected chi connectivity index (χ4v) is 3.25. The number of benzene rings is 1. The smallest absolute Gasteiger partial charge is 0.223 e. The van der Waals surface area contributed by atoms with Gasteiger partial charge in [-0.3, -0.25) is 4.79 Å². The van der Waals surface area contributed by atoms with Crippen molar-refractivity contribution in [1.82, 2.24) is 5.32 Å². The molecular weight excluding hydrogens is 274 g/mol. The monoisotopic (exact) mass is 303 g/mol. The van der Waals surface area contributed by atoms with Crippen LogP contribution in [0.1, 0.15) is 56.2 Å². The van der Waals surface area contributed by atoms with Gasteiger partial charge in [0.1, 0.15) is 0 Å². The molecule has 2 rings (SSSR count). The number of nitrogens with two attached hydrogens (primary N) is 2. The van der Waals surface area contributed by atoms with E-state index >= 15 is 0 Å². The molecule has 0 bridgehead atoms. The lowest BCUT2D eigenvalue weighted by atomic mass is 9.95. The fourth-order valence-electron chi connectivity index (χ4n) is 3.25. The minimum Gasteiger partial charge on any atom is -0.354 e. The van der Waals surface area contributed by atoms with Crippen LogP contribution in [0.5, 0.6) is 0 Å². The summed E-state index contributed by atoms with van der Waals surface area (Å²) >= 11 is 0. The quantitative estimate of drug-likeness (QED) is 0.754. The van der Waals surface area contributed by atoms with E-state index < -0.39 is 0 Å². The molecule has 0 radical (unpaired) electrons. The largest absolute Gasteiger partial charge is 0.354 e. The zero-order valence-corrected chi connectivity index (χ0v) is 13.7. The zero-order chi connectivity index (χ0) is 16.1. The lowest BCUT2D eigenvalue weighted by Crippen LogP contribution is -2.38. The summed E-state index contributed by atoms with van der Waals surface area (Å²) in [7, 11) is 0. The minimum atomic E-state index is -0.164. The van der Waals surface area contributed by atoms with Gasteiger partial charge >= 0.3 is 0 Å². The number of rotatable bonds is 6. The standard InChI is InChI=1S/C18H29N3O/c1-12(2)13-6-8-14(9-7-13)17(20)11-21-18(22)16-5-3-4-15(16)10-19/h6-9,12,15-17H,3-5,10-11,19-20H2,1-2H3,(H,21,22)/t15-,16-,17?/m1/s1. The van der Waals surface area contributed by atoms with Crippen LogP contribution in [0.2, 0.25) is 0 Å². The van der Waals surface area contributed by atoms with Crippen molar-refractivity contribution in [3.8, 4) is 0 Å². The Bertz CT molecular complexity index is 484. The van der Waals surface area contributed by atoms with Crippen molar-refractivity contribution in [3.63, 3.8) is 0 Å². The number of nitrogens with one attached hydrogen (secondary N) is 1. The first-order valence-electron chi connectivity index (χ1n) is 8.36. The fraction of sp³-hybridized carbons (Fsp3) is 0.611. The zero-order valence-electron chi connectivity index (χ0n) is 13.7. The van der Waals surface area contributed by atoms with Crippen molar-refractivity contribution < 1.29 is 4.79 Å². The summed E-state index contributed by atoms with van der Waals surface area (Å²) in [6.07, 6.45) is 3.12. The number of amides is 1. The van der Waals surface area contributed by atoms with Gasteiger partial charge in [-0.1, -0.05) is 44.5 Å². The van der Waals surface area contributed by atoms with Crippen molar-refractivity contribution in [2.24, 2.45) is 23.3 Å². The van der Waals surface area contributed by atoms with Gasteiger partial charge in [0, 0.05) is 18.5 Å². The SMILES string of the molecule is CC(C)c1ccc(C(N)CNC(=O)[C@@H]2CCC[C@@H]2CN)cc1. The van der Waals surface area contributed by atoms with Gasteiger partial charge in [0.05, 0.1) is 0 Å². The van der Waals surface area contributed by atoms with Crippen LogP contribution in [-0.4, -0.2) is 19.0 Å². The highest BCUT2D eigenvalue weighted by Gasteiger charge is 2.31. The van der Waals surface area contributed by atoms with Crippen LogP contribution >= 0.6 is 0 Å². The Kier molecular flexibility index (Phi) is 5.98. The Morgan fingerprint density at radius 3 is 2.45 bits per heavy atom. The van der Waals surface area contributed by atoms with E-state index in [2.05, 4.69) is 43.4 Å². The molecule has 0 saturated heterocycles. The van der Waals surface area contributed by atoms with Crippen molar-refractivity contribution in [2.75, 3.05) is 13.1 Å². The lowest BCUT2D eigenvalue weighted by Gasteiger charge is -2.19. The molecule has 1 saturated carbocycles. The first-order valence-corrected chi connectivity index (χ1v) is 8.36. The van der Waals surface area contributed by atoms with Gasteiger partial charge < -0.3 is 16.8 Å². The molecule has 5 N–H and O–H groups in total. The maximum Gasteiger partial charge on any atom is 0.223 e. The molecule has 0 aliphatic heterocycles. The summed E-state index contributed by atoms with van der Waals surface area (Å²) in [6.45, 7) is 5.42. The molecule has 3 atom stereocenters. The molecule has 22 heavy (non-hydrogen) atoms. The molecule has 1 aliphatic rings. The average Bonchev–Trinajstić information content (AvgIpc) is 3.01. The van der Waals surface area contributed by atoms with Crippen molar-refractivity contribution in [2.45, 2.75) is 45.1 Å². The van der Waals surface area contributed by atoms with E-state index in [0.717, 1.165) is 24.8 Å². The predicted octanol–water partition coefficient (Wildman–Crippen LogP) is 2.30. The topological polar surface area (TPSA) is 81.1 Å². The maximum absolute atomic E-state index is 12.3. The third-order valence-corrected chi connectivity index (χ3v) is 4.83. The van der Waals surface area contributed by atoms with Crippen LogP contribution in [0.25, 0.3) is 0 Å². The van der Waals surface area contributed by atoms with Gasteiger partial charge in [0.25, 0.3) is 0 Å². The van der Waals surface area contributed by atoms with Crippen molar-refractivity contribution in [1.29, 1.82) is 0 Å². The highest BCUT2D eigenvalue weighted by atomic mass is 16.1. The van der Waals surface area contributed by atoms with Gasteiger partial charge in [0.2, 0.25) is 5.91 Å². The predicted molar refractivity (Wildman–Crippen MR) is 90.4 cm³/mol.